The molecule has 2 rings (SSSR count). The molecular formula is C11H19N3O2. The fraction of sp³-hybridized carbons (Fsp3) is 0.818. The summed E-state index contributed by atoms with van der Waals surface area (Å²) in [5, 5.41) is 5.90. The van der Waals surface area contributed by atoms with Crippen molar-refractivity contribution >= 4 is 11.8 Å². The fourth-order valence-corrected chi connectivity index (χ4v) is 2.68. The minimum atomic E-state index is -0.147. The van der Waals surface area contributed by atoms with Gasteiger partial charge in [-0.25, -0.2) is 0 Å². The van der Waals surface area contributed by atoms with Crippen LogP contribution in [0.1, 0.15) is 19.8 Å². The summed E-state index contributed by atoms with van der Waals surface area (Å²) in [7, 11) is 0. The second-order valence-corrected chi connectivity index (χ2v) is 4.62. The first-order valence-corrected chi connectivity index (χ1v) is 5.93. The van der Waals surface area contributed by atoms with E-state index in [1.54, 1.807) is 0 Å². The second-order valence-electron chi connectivity index (χ2n) is 4.62. The quantitative estimate of drug-likeness (QED) is 0.655. The number of nitrogens with zero attached hydrogens (tertiary/aromatic N) is 1. The van der Waals surface area contributed by atoms with E-state index in [9.17, 15) is 9.59 Å². The van der Waals surface area contributed by atoms with E-state index in [0.717, 1.165) is 26.1 Å². The molecule has 2 atom stereocenters. The highest BCUT2D eigenvalue weighted by Crippen LogP contribution is 2.26. The highest BCUT2D eigenvalue weighted by Gasteiger charge is 2.36. The minimum absolute atomic E-state index is 0.0496. The Morgan fingerprint density at radius 3 is 3.00 bits per heavy atom. The van der Waals surface area contributed by atoms with Crippen LogP contribution in [-0.4, -0.2) is 48.9 Å². The smallest absolute Gasteiger partial charge is 0.242 e. The Bertz CT molecular complexity index is 293. The lowest BCUT2D eigenvalue weighted by Gasteiger charge is -2.37. The van der Waals surface area contributed by atoms with Crippen molar-refractivity contribution in [1.82, 2.24) is 15.5 Å². The normalized spacial score (nSPS) is 28.7. The third-order valence-electron chi connectivity index (χ3n) is 3.49. The Kier molecular flexibility index (Phi) is 3.43. The van der Waals surface area contributed by atoms with Gasteiger partial charge in [0.05, 0.1) is 6.54 Å². The van der Waals surface area contributed by atoms with E-state index in [4.69, 9.17) is 0 Å². The SMILES string of the molecule is CC(=O)NCC(=O)N1CCCC2CNCC21. The van der Waals surface area contributed by atoms with Gasteiger partial charge in [-0.15, -0.1) is 0 Å². The lowest BCUT2D eigenvalue weighted by molar-refractivity contribution is -0.136. The van der Waals surface area contributed by atoms with Crippen LogP contribution < -0.4 is 10.6 Å². The predicted octanol–water partition coefficient (Wildman–Crippen LogP) is -0.667. The maximum absolute atomic E-state index is 11.9. The summed E-state index contributed by atoms with van der Waals surface area (Å²) in [4.78, 5) is 24.6. The number of hydrogen-bond donors (Lipinski definition) is 2. The zero-order chi connectivity index (χ0) is 11.5. The second kappa shape index (κ2) is 4.82. The van der Waals surface area contributed by atoms with E-state index in [-0.39, 0.29) is 18.4 Å². The van der Waals surface area contributed by atoms with Crippen LogP contribution in [0.2, 0.25) is 0 Å². The molecule has 2 fully saturated rings. The molecule has 90 valence electrons. The number of rotatable bonds is 2. The van der Waals surface area contributed by atoms with Gasteiger partial charge in [-0.05, 0) is 18.8 Å². The molecule has 2 aliphatic rings. The lowest BCUT2D eigenvalue weighted by atomic mass is 9.92. The number of amides is 2. The average molecular weight is 225 g/mol. The standard InChI is InChI=1S/C11H19N3O2/c1-8(15)13-7-11(16)14-4-2-3-9-5-12-6-10(9)14/h9-10,12H,2-7H2,1H3,(H,13,15). The molecular weight excluding hydrogens is 206 g/mol. The number of hydrogen-bond acceptors (Lipinski definition) is 3. The lowest BCUT2D eigenvalue weighted by Crippen LogP contribution is -2.51. The monoisotopic (exact) mass is 225 g/mol. The van der Waals surface area contributed by atoms with Crippen LogP contribution in [0.25, 0.3) is 0 Å². The van der Waals surface area contributed by atoms with Gasteiger partial charge in [0.25, 0.3) is 0 Å². The Hall–Kier alpha value is -1.10. The molecule has 0 aromatic heterocycles. The number of fused-ring (bicyclic) bond motifs is 1. The van der Waals surface area contributed by atoms with Gasteiger partial charge in [-0.2, -0.15) is 0 Å². The van der Waals surface area contributed by atoms with Crippen molar-refractivity contribution in [2.45, 2.75) is 25.8 Å². The van der Waals surface area contributed by atoms with Crippen LogP contribution in [-0.2, 0) is 9.59 Å². The minimum Gasteiger partial charge on any atom is -0.347 e. The van der Waals surface area contributed by atoms with Crippen molar-refractivity contribution in [3.8, 4) is 0 Å². The summed E-state index contributed by atoms with van der Waals surface area (Å²) in [6.07, 6.45) is 2.29. The Morgan fingerprint density at radius 2 is 2.25 bits per heavy atom. The molecule has 16 heavy (non-hydrogen) atoms. The highest BCUT2D eigenvalue weighted by atomic mass is 16.2. The first kappa shape index (κ1) is 11.4. The molecule has 0 aliphatic carbocycles. The largest absolute Gasteiger partial charge is 0.347 e. The molecule has 2 amide bonds. The summed E-state index contributed by atoms with van der Waals surface area (Å²) in [5.41, 5.74) is 0. The average Bonchev–Trinajstić information content (AvgIpc) is 2.73. The molecule has 0 bridgehead atoms. The molecule has 2 N–H and O–H groups in total. The molecule has 0 spiro atoms. The molecule has 0 saturated carbocycles. The molecule has 2 heterocycles. The molecule has 0 aromatic carbocycles. The molecule has 5 heteroatoms. The van der Waals surface area contributed by atoms with Crippen LogP contribution in [0.4, 0.5) is 0 Å². The number of carbonyl (C=O) groups is 2. The number of carbonyl (C=O) groups excluding carboxylic acids is 2. The van der Waals surface area contributed by atoms with Gasteiger partial charge in [0, 0.05) is 32.6 Å². The highest BCUT2D eigenvalue weighted by molar-refractivity contribution is 5.84. The summed E-state index contributed by atoms with van der Waals surface area (Å²) >= 11 is 0. The summed E-state index contributed by atoms with van der Waals surface area (Å²) < 4.78 is 0. The first-order valence-electron chi connectivity index (χ1n) is 5.93. The van der Waals surface area contributed by atoms with E-state index in [1.807, 2.05) is 4.90 Å². The van der Waals surface area contributed by atoms with E-state index < -0.39 is 0 Å². The van der Waals surface area contributed by atoms with Gasteiger partial charge in [0.2, 0.25) is 11.8 Å². The van der Waals surface area contributed by atoms with Crippen LogP contribution >= 0.6 is 0 Å². The Morgan fingerprint density at radius 1 is 1.44 bits per heavy atom. The summed E-state index contributed by atoms with van der Waals surface area (Å²) in [5.74, 6) is 0.509. The molecule has 5 nitrogen and oxygen atoms in total. The molecule has 0 radical (unpaired) electrons. The van der Waals surface area contributed by atoms with Crippen LogP contribution in [0.5, 0.6) is 0 Å². The number of nitrogens with one attached hydrogen (secondary N) is 2. The fourth-order valence-electron chi connectivity index (χ4n) is 2.68. The van der Waals surface area contributed by atoms with Crippen molar-refractivity contribution in [2.24, 2.45) is 5.92 Å². The summed E-state index contributed by atoms with van der Waals surface area (Å²) in [6.45, 7) is 4.33. The molecule has 2 unspecified atom stereocenters. The van der Waals surface area contributed by atoms with Crippen LogP contribution in [0, 0.1) is 5.92 Å². The third-order valence-corrected chi connectivity index (χ3v) is 3.49. The zero-order valence-corrected chi connectivity index (χ0v) is 9.66. The van der Waals surface area contributed by atoms with Gasteiger partial charge in [-0.1, -0.05) is 0 Å². The topological polar surface area (TPSA) is 61.4 Å². The van der Waals surface area contributed by atoms with Crippen LogP contribution in [0.3, 0.4) is 0 Å². The van der Waals surface area contributed by atoms with E-state index in [2.05, 4.69) is 10.6 Å². The van der Waals surface area contributed by atoms with Gasteiger partial charge in [0.15, 0.2) is 0 Å². The zero-order valence-electron chi connectivity index (χ0n) is 9.66. The van der Waals surface area contributed by atoms with Gasteiger partial charge >= 0.3 is 0 Å². The van der Waals surface area contributed by atoms with Crippen LogP contribution in [0.15, 0.2) is 0 Å². The van der Waals surface area contributed by atoms with Gasteiger partial charge in [-0.3, -0.25) is 9.59 Å². The summed E-state index contributed by atoms with van der Waals surface area (Å²) in [6, 6.07) is 0.343. The maximum atomic E-state index is 11.9. The van der Waals surface area contributed by atoms with Gasteiger partial charge < -0.3 is 15.5 Å². The van der Waals surface area contributed by atoms with E-state index in [0.29, 0.717) is 12.0 Å². The van der Waals surface area contributed by atoms with Crippen molar-refractivity contribution in [3.05, 3.63) is 0 Å². The van der Waals surface area contributed by atoms with Gasteiger partial charge in [0.1, 0.15) is 0 Å². The predicted molar refractivity (Wildman–Crippen MR) is 59.8 cm³/mol. The van der Waals surface area contributed by atoms with Crippen molar-refractivity contribution < 1.29 is 9.59 Å². The first-order chi connectivity index (χ1) is 7.68. The van der Waals surface area contributed by atoms with Crippen molar-refractivity contribution in [1.29, 1.82) is 0 Å². The van der Waals surface area contributed by atoms with Crippen molar-refractivity contribution in [3.63, 3.8) is 0 Å². The molecule has 2 aliphatic heterocycles. The Balaban J connectivity index is 1.91. The molecule has 2 saturated heterocycles. The Labute approximate surface area is 95.6 Å². The van der Waals surface area contributed by atoms with E-state index in [1.165, 1.54) is 13.3 Å². The number of piperidine rings is 1. The van der Waals surface area contributed by atoms with Crippen molar-refractivity contribution in [2.75, 3.05) is 26.2 Å². The number of likely N-dealkylation sites (tertiary alicyclic amines) is 1. The third kappa shape index (κ3) is 2.35. The van der Waals surface area contributed by atoms with E-state index >= 15 is 0 Å². The maximum Gasteiger partial charge on any atom is 0.242 e. The molecule has 0 aromatic rings.